The molecule has 0 saturated heterocycles. The second kappa shape index (κ2) is 6.15. The van der Waals surface area contributed by atoms with E-state index >= 15 is 0 Å². The Bertz CT molecular complexity index is 810. The average molecular weight is 329 g/mol. The van der Waals surface area contributed by atoms with E-state index in [0.29, 0.717) is 35.5 Å². The smallest absolute Gasteiger partial charge is 0.358 e. The molecular formula is C16H15N3O5. The van der Waals surface area contributed by atoms with Crippen molar-refractivity contribution in [2.75, 3.05) is 11.9 Å². The molecule has 0 spiro atoms. The molecule has 1 aliphatic rings. The minimum Gasteiger partial charge on any atom is -0.476 e. The molecule has 8 nitrogen and oxygen atoms in total. The summed E-state index contributed by atoms with van der Waals surface area (Å²) in [6.45, 7) is 1.98. The highest BCUT2D eigenvalue weighted by Crippen LogP contribution is 2.24. The highest BCUT2D eigenvalue weighted by atomic mass is 16.5. The van der Waals surface area contributed by atoms with E-state index in [1.165, 1.54) is 6.92 Å². The van der Waals surface area contributed by atoms with Crippen molar-refractivity contribution in [3.05, 3.63) is 46.8 Å². The number of hydrogen-bond donors (Lipinski definition) is 2. The third kappa shape index (κ3) is 2.98. The SMILES string of the molecule is CC(=O)Nc1ccc(C(=O)N2CCc3onc(C(=O)O)c3C2)cc1. The lowest BCUT2D eigenvalue weighted by Gasteiger charge is -2.26. The number of hydrogen-bond acceptors (Lipinski definition) is 5. The summed E-state index contributed by atoms with van der Waals surface area (Å²) in [7, 11) is 0. The lowest BCUT2D eigenvalue weighted by Crippen LogP contribution is -2.36. The molecule has 2 N–H and O–H groups in total. The van der Waals surface area contributed by atoms with Gasteiger partial charge in [0.25, 0.3) is 5.91 Å². The van der Waals surface area contributed by atoms with Gasteiger partial charge in [-0.1, -0.05) is 5.16 Å². The number of amides is 2. The Kier molecular flexibility index (Phi) is 4.03. The number of carboxylic acids is 1. The van der Waals surface area contributed by atoms with Gasteiger partial charge in [-0.3, -0.25) is 9.59 Å². The average Bonchev–Trinajstić information content (AvgIpc) is 2.97. The molecule has 0 fully saturated rings. The van der Waals surface area contributed by atoms with Gasteiger partial charge in [0.1, 0.15) is 5.76 Å². The Labute approximate surface area is 137 Å². The van der Waals surface area contributed by atoms with E-state index in [2.05, 4.69) is 10.5 Å². The van der Waals surface area contributed by atoms with Crippen LogP contribution in [-0.4, -0.2) is 39.5 Å². The Morgan fingerprint density at radius 2 is 1.96 bits per heavy atom. The van der Waals surface area contributed by atoms with Crippen molar-refractivity contribution >= 4 is 23.5 Å². The summed E-state index contributed by atoms with van der Waals surface area (Å²) in [4.78, 5) is 36.3. The molecule has 124 valence electrons. The first-order valence-electron chi connectivity index (χ1n) is 7.33. The van der Waals surface area contributed by atoms with Gasteiger partial charge in [0.15, 0.2) is 5.69 Å². The first-order valence-corrected chi connectivity index (χ1v) is 7.33. The van der Waals surface area contributed by atoms with Crippen LogP contribution in [0.25, 0.3) is 0 Å². The van der Waals surface area contributed by atoms with Gasteiger partial charge in [-0.05, 0) is 24.3 Å². The number of aromatic carboxylic acids is 1. The van der Waals surface area contributed by atoms with Crippen molar-refractivity contribution < 1.29 is 24.0 Å². The van der Waals surface area contributed by atoms with Gasteiger partial charge in [0.2, 0.25) is 5.91 Å². The standard InChI is InChI=1S/C16H15N3O5/c1-9(20)17-11-4-2-10(3-5-11)15(21)19-7-6-13-12(8-19)14(16(22)23)18-24-13/h2-5H,6-8H2,1H3,(H,17,20)(H,22,23). The largest absolute Gasteiger partial charge is 0.476 e. The van der Waals surface area contributed by atoms with Gasteiger partial charge in [0, 0.05) is 36.7 Å². The van der Waals surface area contributed by atoms with E-state index in [-0.39, 0.29) is 24.1 Å². The molecule has 1 aromatic heterocycles. The maximum absolute atomic E-state index is 12.6. The molecule has 2 amide bonds. The van der Waals surface area contributed by atoms with E-state index in [9.17, 15) is 14.4 Å². The zero-order valence-electron chi connectivity index (χ0n) is 12.9. The number of rotatable bonds is 3. The summed E-state index contributed by atoms with van der Waals surface area (Å²) in [6.07, 6.45) is 0.422. The summed E-state index contributed by atoms with van der Waals surface area (Å²) in [6, 6.07) is 6.53. The predicted octanol–water partition coefficient (Wildman–Crippen LogP) is 1.53. The van der Waals surface area contributed by atoms with Crippen LogP contribution in [0.1, 0.15) is 39.1 Å². The van der Waals surface area contributed by atoms with Crippen LogP contribution in [0.5, 0.6) is 0 Å². The van der Waals surface area contributed by atoms with Crippen molar-refractivity contribution in [1.82, 2.24) is 10.1 Å². The molecule has 2 heterocycles. The van der Waals surface area contributed by atoms with Gasteiger partial charge in [0.05, 0.1) is 6.54 Å². The molecule has 0 bridgehead atoms. The van der Waals surface area contributed by atoms with Crippen LogP contribution < -0.4 is 5.32 Å². The van der Waals surface area contributed by atoms with E-state index < -0.39 is 5.97 Å². The van der Waals surface area contributed by atoms with Crippen LogP contribution in [0.4, 0.5) is 5.69 Å². The zero-order chi connectivity index (χ0) is 17.3. The van der Waals surface area contributed by atoms with E-state index in [0.717, 1.165) is 0 Å². The maximum Gasteiger partial charge on any atom is 0.358 e. The topological polar surface area (TPSA) is 113 Å². The van der Waals surface area contributed by atoms with E-state index in [1.807, 2.05) is 0 Å². The van der Waals surface area contributed by atoms with Crippen LogP contribution in [-0.2, 0) is 17.8 Å². The molecular weight excluding hydrogens is 314 g/mol. The van der Waals surface area contributed by atoms with Crippen molar-refractivity contribution in [2.45, 2.75) is 19.9 Å². The number of fused-ring (bicyclic) bond motifs is 1. The Morgan fingerprint density at radius 3 is 2.58 bits per heavy atom. The van der Waals surface area contributed by atoms with Crippen molar-refractivity contribution in [3.8, 4) is 0 Å². The van der Waals surface area contributed by atoms with Gasteiger partial charge >= 0.3 is 5.97 Å². The van der Waals surface area contributed by atoms with Crippen molar-refractivity contribution in [1.29, 1.82) is 0 Å². The molecule has 0 atom stereocenters. The van der Waals surface area contributed by atoms with Crippen LogP contribution in [0, 0.1) is 0 Å². The third-order valence-corrected chi connectivity index (χ3v) is 3.77. The summed E-state index contributed by atoms with van der Waals surface area (Å²) >= 11 is 0. The van der Waals surface area contributed by atoms with Gasteiger partial charge in [-0.25, -0.2) is 4.79 Å². The third-order valence-electron chi connectivity index (χ3n) is 3.77. The van der Waals surface area contributed by atoms with Crippen LogP contribution >= 0.6 is 0 Å². The Hall–Kier alpha value is -3.16. The number of aromatic nitrogens is 1. The molecule has 1 aliphatic heterocycles. The normalized spacial score (nSPS) is 13.3. The Morgan fingerprint density at radius 1 is 1.25 bits per heavy atom. The lowest BCUT2D eigenvalue weighted by molar-refractivity contribution is -0.114. The monoisotopic (exact) mass is 329 g/mol. The quantitative estimate of drug-likeness (QED) is 0.883. The van der Waals surface area contributed by atoms with Crippen LogP contribution in [0.2, 0.25) is 0 Å². The lowest BCUT2D eigenvalue weighted by atomic mass is 10.0. The number of carbonyl (C=O) groups excluding carboxylic acids is 2. The number of anilines is 1. The fourth-order valence-electron chi connectivity index (χ4n) is 2.63. The molecule has 0 saturated carbocycles. The minimum absolute atomic E-state index is 0.146. The Balaban J connectivity index is 1.77. The summed E-state index contributed by atoms with van der Waals surface area (Å²) in [5.41, 5.74) is 1.36. The van der Waals surface area contributed by atoms with Crippen molar-refractivity contribution in [2.24, 2.45) is 0 Å². The number of benzene rings is 1. The van der Waals surface area contributed by atoms with Crippen LogP contribution in [0.3, 0.4) is 0 Å². The highest BCUT2D eigenvalue weighted by molar-refractivity contribution is 5.96. The molecule has 24 heavy (non-hydrogen) atoms. The number of nitrogens with zero attached hydrogens (tertiary/aromatic N) is 2. The maximum atomic E-state index is 12.6. The molecule has 0 unspecified atom stereocenters. The molecule has 1 aromatic carbocycles. The fourth-order valence-corrected chi connectivity index (χ4v) is 2.63. The molecule has 3 rings (SSSR count). The van der Waals surface area contributed by atoms with E-state index in [1.54, 1.807) is 29.2 Å². The molecule has 8 heteroatoms. The second-order valence-corrected chi connectivity index (χ2v) is 5.47. The number of carbonyl (C=O) groups is 3. The first-order chi connectivity index (χ1) is 11.5. The van der Waals surface area contributed by atoms with E-state index in [4.69, 9.17) is 9.63 Å². The van der Waals surface area contributed by atoms with Crippen molar-refractivity contribution in [3.63, 3.8) is 0 Å². The summed E-state index contributed by atoms with van der Waals surface area (Å²) < 4.78 is 5.03. The first kappa shape index (κ1) is 15.7. The molecule has 0 aliphatic carbocycles. The van der Waals surface area contributed by atoms with Gasteiger partial charge < -0.3 is 19.8 Å². The summed E-state index contributed by atoms with van der Waals surface area (Å²) in [5.74, 6) is -1.06. The number of nitrogens with one attached hydrogen (secondary N) is 1. The van der Waals surface area contributed by atoms with Gasteiger partial charge in [-0.15, -0.1) is 0 Å². The fraction of sp³-hybridized carbons (Fsp3) is 0.250. The zero-order valence-corrected chi connectivity index (χ0v) is 12.9. The number of carboxylic acid groups (broad SMARTS) is 1. The van der Waals surface area contributed by atoms with Crippen LogP contribution in [0.15, 0.2) is 28.8 Å². The molecule has 0 radical (unpaired) electrons. The second-order valence-electron chi connectivity index (χ2n) is 5.47. The summed E-state index contributed by atoms with van der Waals surface area (Å²) in [5, 5.41) is 15.3. The minimum atomic E-state index is -1.17. The highest BCUT2D eigenvalue weighted by Gasteiger charge is 2.29. The predicted molar refractivity (Wildman–Crippen MR) is 82.7 cm³/mol. The van der Waals surface area contributed by atoms with Gasteiger partial charge in [-0.2, -0.15) is 0 Å². The molecule has 2 aromatic rings.